The number of carboxylic acids is 1. The summed E-state index contributed by atoms with van der Waals surface area (Å²) in [5.74, 6) is -2.45. The highest BCUT2D eigenvalue weighted by molar-refractivity contribution is 5.96. The van der Waals surface area contributed by atoms with Crippen molar-refractivity contribution < 1.29 is 19.0 Å². The summed E-state index contributed by atoms with van der Waals surface area (Å²) >= 11 is 0. The number of nitrogens with zero attached hydrogens (tertiary/aromatic N) is 1. The second kappa shape index (κ2) is 5.88. The highest BCUT2D eigenvalue weighted by atomic mass is 19.1. The number of carbonyl (C=O) groups is 1. The molecule has 122 valence electrons. The smallest absolute Gasteiger partial charge is 0.344 e. The number of H-pyrrole nitrogens is 1. The lowest BCUT2D eigenvalue weighted by molar-refractivity contribution is 0.0689. The van der Waals surface area contributed by atoms with Crippen LogP contribution in [-0.4, -0.2) is 49.3 Å². The molecule has 3 rings (SSSR count). The molecule has 0 atom stereocenters. The van der Waals surface area contributed by atoms with Crippen LogP contribution in [0.3, 0.4) is 0 Å². The zero-order valence-corrected chi connectivity index (χ0v) is 12.5. The Balaban J connectivity index is 2.25. The van der Waals surface area contributed by atoms with Crippen LogP contribution < -0.4 is 20.4 Å². The van der Waals surface area contributed by atoms with E-state index in [1.807, 2.05) is 0 Å². The molecule has 1 aromatic heterocycles. The lowest BCUT2D eigenvalue weighted by Gasteiger charge is -2.30. The van der Waals surface area contributed by atoms with Crippen LogP contribution in [0.25, 0.3) is 10.9 Å². The van der Waals surface area contributed by atoms with Gasteiger partial charge in [-0.05, 0) is 12.1 Å². The summed E-state index contributed by atoms with van der Waals surface area (Å²) in [5.41, 5.74) is -0.862. The second-order valence-electron chi connectivity index (χ2n) is 5.23. The lowest BCUT2D eigenvalue weighted by atomic mass is 10.1. The van der Waals surface area contributed by atoms with Crippen LogP contribution in [0.1, 0.15) is 10.4 Å². The first-order valence-corrected chi connectivity index (χ1v) is 7.16. The highest BCUT2D eigenvalue weighted by Gasteiger charge is 2.23. The molecular formula is C15H16FN3O4. The number of carboxylic acid groups (broad SMARTS) is 1. The summed E-state index contributed by atoms with van der Waals surface area (Å²) < 4.78 is 19.4. The molecule has 3 N–H and O–H groups in total. The Morgan fingerprint density at radius 3 is 2.65 bits per heavy atom. The zero-order chi connectivity index (χ0) is 16.6. The average Bonchev–Trinajstić information content (AvgIpc) is 2.54. The van der Waals surface area contributed by atoms with E-state index >= 15 is 0 Å². The molecule has 1 aliphatic rings. The van der Waals surface area contributed by atoms with Crippen molar-refractivity contribution in [3.05, 3.63) is 33.9 Å². The van der Waals surface area contributed by atoms with E-state index in [-0.39, 0.29) is 10.9 Å². The van der Waals surface area contributed by atoms with Crippen molar-refractivity contribution in [2.24, 2.45) is 0 Å². The van der Waals surface area contributed by atoms with Gasteiger partial charge in [-0.15, -0.1) is 0 Å². The zero-order valence-electron chi connectivity index (χ0n) is 12.5. The third-order valence-electron chi connectivity index (χ3n) is 3.94. The minimum absolute atomic E-state index is 0.0829. The maximum atomic E-state index is 14.0. The lowest BCUT2D eigenvalue weighted by Crippen LogP contribution is -2.43. The molecule has 0 spiro atoms. The SMILES string of the molecule is COc1c(N2CCNCC2)ccc2c(=O)c(C(=O)O)c(F)[nH]c12. The first kappa shape index (κ1) is 15.3. The molecule has 0 unspecified atom stereocenters. The standard InChI is InChI=1S/C15H16FN3O4/c1-23-13-9(19-6-4-17-5-7-19)3-2-8-11(13)18-14(16)10(12(8)20)15(21)22/h2-3,17H,4-7H2,1H3,(H,18,20)(H,21,22). The van der Waals surface area contributed by atoms with Crippen LogP contribution in [0.2, 0.25) is 0 Å². The van der Waals surface area contributed by atoms with Gasteiger partial charge in [-0.3, -0.25) is 4.79 Å². The Kier molecular flexibility index (Phi) is 3.91. The van der Waals surface area contributed by atoms with E-state index in [4.69, 9.17) is 9.84 Å². The minimum Gasteiger partial charge on any atom is -0.492 e. The highest BCUT2D eigenvalue weighted by Crippen LogP contribution is 2.34. The monoisotopic (exact) mass is 321 g/mol. The average molecular weight is 321 g/mol. The molecular weight excluding hydrogens is 305 g/mol. The molecule has 1 aliphatic heterocycles. The van der Waals surface area contributed by atoms with E-state index in [0.717, 1.165) is 31.9 Å². The number of ether oxygens (including phenoxy) is 1. The molecule has 1 fully saturated rings. The van der Waals surface area contributed by atoms with E-state index in [9.17, 15) is 14.0 Å². The molecule has 0 aliphatic carbocycles. The molecule has 1 saturated heterocycles. The van der Waals surface area contributed by atoms with E-state index < -0.39 is 22.9 Å². The summed E-state index contributed by atoms with van der Waals surface area (Å²) in [4.78, 5) is 27.7. The summed E-state index contributed by atoms with van der Waals surface area (Å²) in [7, 11) is 1.43. The number of aromatic carboxylic acids is 1. The molecule has 2 aromatic rings. The van der Waals surface area contributed by atoms with Crippen LogP contribution in [0, 0.1) is 5.95 Å². The number of hydrogen-bond donors (Lipinski definition) is 3. The molecule has 0 bridgehead atoms. The number of methoxy groups -OCH3 is 1. The van der Waals surface area contributed by atoms with Crippen LogP contribution in [-0.2, 0) is 0 Å². The van der Waals surface area contributed by atoms with E-state index in [1.54, 1.807) is 6.07 Å². The van der Waals surface area contributed by atoms with Gasteiger partial charge < -0.3 is 25.0 Å². The summed E-state index contributed by atoms with van der Waals surface area (Å²) in [5, 5.41) is 12.3. The first-order chi connectivity index (χ1) is 11.0. The van der Waals surface area contributed by atoms with Gasteiger partial charge in [0.05, 0.1) is 23.7 Å². The molecule has 0 saturated carbocycles. The van der Waals surface area contributed by atoms with Crippen molar-refractivity contribution in [3.8, 4) is 5.75 Å². The van der Waals surface area contributed by atoms with E-state index in [1.165, 1.54) is 13.2 Å². The molecule has 8 heteroatoms. The molecule has 2 heterocycles. The largest absolute Gasteiger partial charge is 0.492 e. The minimum atomic E-state index is -1.60. The third kappa shape index (κ3) is 2.50. The van der Waals surface area contributed by atoms with Crippen LogP contribution in [0.15, 0.2) is 16.9 Å². The Morgan fingerprint density at radius 2 is 2.04 bits per heavy atom. The number of fused-ring (bicyclic) bond motifs is 1. The van der Waals surface area contributed by atoms with Gasteiger partial charge in [0.1, 0.15) is 0 Å². The summed E-state index contributed by atoms with van der Waals surface area (Å²) in [6, 6.07) is 3.20. The number of aromatic amines is 1. The molecule has 0 amide bonds. The van der Waals surface area contributed by atoms with Gasteiger partial charge in [0, 0.05) is 26.2 Å². The van der Waals surface area contributed by atoms with Crippen molar-refractivity contribution >= 4 is 22.6 Å². The van der Waals surface area contributed by atoms with Crippen molar-refractivity contribution in [1.82, 2.24) is 10.3 Å². The van der Waals surface area contributed by atoms with Gasteiger partial charge in [0.25, 0.3) is 0 Å². The Bertz CT molecular complexity index is 828. The predicted molar refractivity (Wildman–Crippen MR) is 83.1 cm³/mol. The Hall–Kier alpha value is -2.61. The van der Waals surface area contributed by atoms with E-state index in [0.29, 0.717) is 5.75 Å². The van der Waals surface area contributed by atoms with Gasteiger partial charge in [-0.2, -0.15) is 4.39 Å². The number of rotatable bonds is 3. The fourth-order valence-corrected chi connectivity index (χ4v) is 2.84. The van der Waals surface area contributed by atoms with Gasteiger partial charge in [-0.25, -0.2) is 4.79 Å². The van der Waals surface area contributed by atoms with Crippen molar-refractivity contribution in [3.63, 3.8) is 0 Å². The van der Waals surface area contributed by atoms with E-state index in [2.05, 4.69) is 15.2 Å². The second-order valence-corrected chi connectivity index (χ2v) is 5.23. The summed E-state index contributed by atoms with van der Waals surface area (Å²) in [6.45, 7) is 3.12. The third-order valence-corrected chi connectivity index (χ3v) is 3.94. The molecule has 7 nitrogen and oxygen atoms in total. The number of benzene rings is 1. The number of hydrogen-bond acceptors (Lipinski definition) is 5. The summed E-state index contributed by atoms with van der Waals surface area (Å²) in [6.07, 6.45) is 0. The number of pyridine rings is 1. The normalized spacial score (nSPS) is 15.0. The number of nitrogens with one attached hydrogen (secondary N) is 2. The maximum Gasteiger partial charge on any atom is 0.344 e. The van der Waals surface area contributed by atoms with Gasteiger partial charge >= 0.3 is 5.97 Å². The number of piperazine rings is 1. The number of halogens is 1. The van der Waals surface area contributed by atoms with Crippen LogP contribution in [0.4, 0.5) is 10.1 Å². The topological polar surface area (TPSA) is 94.7 Å². The maximum absolute atomic E-state index is 14.0. The quantitative estimate of drug-likeness (QED) is 0.723. The number of anilines is 1. The van der Waals surface area contributed by atoms with Crippen molar-refractivity contribution in [2.45, 2.75) is 0 Å². The Morgan fingerprint density at radius 1 is 1.35 bits per heavy atom. The molecule has 1 aromatic carbocycles. The Labute approximate surface area is 130 Å². The van der Waals surface area contributed by atoms with Gasteiger partial charge in [0.2, 0.25) is 11.4 Å². The fraction of sp³-hybridized carbons (Fsp3) is 0.333. The van der Waals surface area contributed by atoms with Crippen LogP contribution in [0.5, 0.6) is 5.75 Å². The fourth-order valence-electron chi connectivity index (χ4n) is 2.84. The molecule has 0 radical (unpaired) electrons. The first-order valence-electron chi connectivity index (χ1n) is 7.16. The predicted octanol–water partition coefficient (Wildman–Crippen LogP) is 0.784. The van der Waals surface area contributed by atoms with Gasteiger partial charge in [-0.1, -0.05) is 0 Å². The number of aromatic nitrogens is 1. The van der Waals surface area contributed by atoms with Crippen LogP contribution >= 0.6 is 0 Å². The van der Waals surface area contributed by atoms with Crippen molar-refractivity contribution in [2.75, 3.05) is 38.2 Å². The van der Waals surface area contributed by atoms with Crippen molar-refractivity contribution in [1.29, 1.82) is 0 Å². The van der Waals surface area contributed by atoms with Gasteiger partial charge in [0.15, 0.2) is 11.3 Å². The molecule has 23 heavy (non-hydrogen) atoms.